The maximum absolute atomic E-state index is 13.3. The van der Waals surface area contributed by atoms with Crippen molar-refractivity contribution in [2.45, 2.75) is 6.92 Å². The molecule has 1 aliphatic heterocycles. The van der Waals surface area contributed by atoms with Gasteiger partial charge in [0.05, 0.1) is 22.9 Å². The number of rotatable bonds is 5. The third-order valence-corrected chi connectivity index (χ3v) is 5.28. The van der Waals surface area contributed by atoms with Gasteiger partial charge in [0, 0.05) is 5.56 Å². The van der Waals surface area contributed by atoms with Gasteiger partial charge in [0.25, 0.3) is 5.91 Å². The highest BCUT2D eigenvalue weighted by Crippen LogP contribution is 2.38. The van der Waals surface area contributed by atoms with Gasteiger partial charge in [-0.15, -0.1) is 0 Å². The van der Waals surface area contributed by atoms with Gasteiger partial charge in [-0.05, 0) is 55.1 Å². The molecule has 1 saturated heterocycles. The molecule has 4 nitrogen and oxygen atoms in total. The number of ether oxygens (including phenoxy) is 1. The predicted octanol–water partition coefficient (Wildman–Crippen LogP) is 5.89. The van der Waals surface area contributed by atoms with Gasteiger partial charge in [-0.3, -0.25) is 9.69 Å². The lowest BCUT2D eigenvalue weighted by Gasteiger charge is -2.15. The van der Waals surface area contributed by atoms with Crippen molar-refractivity contribution in [3.8, 4) is 5.75 Å². The summed E-state index contributed by atoms with van der Waals surface area (Å²) in [5.74, 6) is 0.665. The average Bonchev–Trinajstić information content (AvgIpc) is 3.05. The molecule has 0 bridgehead atoms. The summed E-state index contributed by atoms with van der Waals surface area (Å²) < 4.78 is 5.71. The number of amidine groups is 1. The second-order valence-corrected chi connectivity index (χ2v) is 7.30. The highest BCUT2D eigenvalue weighted by molar-refractivity contribution is 8.19. The molecule has 0 atom stereocenters. The molecular formula is C24H20N2O2S. The molecular weight excluding hydrogens is 380 g/mol. The predicted molar refractivity (Wildman–Crippen MR) is 121 cm³/mol. The second kappa shape index (κ2) is 8.80. The first-order chi connectivity index (χ1) is 14.3. The fourth-order valence-electron chi connectivity index (χ4n) is 2.99. The summed E-state index contributed by atoms with van der Waals surface area (Å²) in [4.78, 5) is 20.3. The van der Waals surface area contributed by atoms with Gasteiger partial charge in [0.1, 0.15) is 5.75 Å². The molecule has 29 heavy (non-hydrogen) atoms. The van der Waals surface area contributed by atoms with Crippen LogP contribution in [0.4, 0.5) is 11.4 Å². The van der Waals surface area contributed by atoms with Crippen molar-refractivity contribution in [2.75, 3.05) is 11.5 Å². The molecule has 0 unspecified atom stereocenters. The second-order valence-electron chi connectivity index (χ2n) is 6.29. The molecule has 0 spiro atoms. The number of carbonyl (C=O) groups excluding carboxylic acids is 1. The summed E-state index contributed by atoms with van der Waals surface area (Å²) in [6.07, 6.45) is 1.88. The SMILES string of the molecule is CCOc1ccccc1/C=C1\SC(=Nc2ccccc2)N(c2ccccc2)C1=O. The Balaban J connectivity index is 1.77. The van der Waals surface area contributed by atoms with Crippen LogP contribution >= 0.6 is 11.8 Å². The largest absolute Gasteiger partial charge is 0.493 e. The summed E-state index contributed by atoms with van der Waals surface area (Å²) in [7, 11) is 0. The summed E-state index contributed by atoms with van der Waals surface area (Å²) in [5, 5.41) is 0.632. The molecule has 0 aliphatic carbocycles. The van der Waals surface area contributed by atoms with Crippen molar-refractivity contribution in [1.82, 2.24) is 0 Å². The molecule has 0 radical (unpaired) electrons. The van der Waals surface area contributed by atoms with Crippen molar-refractivity contribution in [1.29, 1.82) is 0 Å². The van der Waals surface area contributed by atoms with E-state index in [2.05, 4.69) is 0 Å². The Labute approximate surface area is 174 Å². The van der Waals surface area contributed by atoms with E-state index in [0.29, 0.717) is 16.7 Å². The van der Waals surface area contributed by atoms with Gasteiger partial charge < -0.3 is 4.74 Å². The van der Waals surface area contributed by atoms with Crippen LogP contribution in [0.2, 0.25) is 0 Å². The molecule has 1 fully saturated rings. The van der Waals surface area contributed by atoms with Gasteiger partial charge in [0.2, 0.25) is 0 Å². The van der Waals surface area contributed by atoms with Gasteiger partial charge in [-0.2, -0.15) is 0 Å². The van der Waals surface area contributed by atoms with Crippen LogP contribution < -0.4 is 9.64 Å². The van der Waals surface area contributed by atoms with Crippen LogP contribution in [-0.2, 0) is 4.79 Å². The molecule has 0 N–H and O–H groups in total. The van der Waals surface area contributed by atoms with Crippen molar-refractivity contribution in [2.24, 2.45) is 4.99 Å². The van der Waals surface area contributed by atoms with Gasteiger partial charge >= 0.3 is 0 Å². The number of hydrogen-bond acceptors (Lipinski definition) is 4. The fraction of sp³-hybridized carbons (Fsp3) is 0.0833. The highest BCUT2D eigenvalue weighted by Gasteiger charge is 2.34. The Kier molecular flexibility index (Phi) is 5.77. The van der Waals surface area contributed by atoms with Crippen molar-refractivity contribution in [3.05, 3.63) is 95.4 Å². The van der Waals surface area contributed by atoms with Crippen molar-refractivity contribution in [3.63, 3.8) is 0 Å². The highest BCUT2D eigenvalue weighted by atomic mass is 32.2. The van der Waals surface area contributed by atoms with E-state index in [4.69, 9.17) is 9.73 Å². The number of thioether (sulfide) groups is 1. The van der Waals surface area contributed by atoms with Crippen LogP contribution in [0.1, 0.15) is 12.5 Å². The standard InChI is InChI=1S/C24H20N2O2S/c1-2-28-21-16-10-9-11-18(21)17-22-23(27)26(20-14-7-4-8-15-20)24(29-22)25-19-12-5-3-6-13-19/h3-17H,2H2,1H3/b22-17-,25-24?. The number of para-hydroxylation sites is 3. The topological polar surface area (TPSA) is 41.9 Å². The first-order valence-electron chi connectivity index (χ1n) is 9.41. The molecule has 1 amide bonds. The van der Waals surface area contributed by atoms with Crippen molar-refractivity contribution < 1.29 is 9.53 Å². The Morgan fingerprint density at radius 1 is 0.931 bits per heavy atom. The molecule has 0 saturated carbocycles. The molecule has 1 heterocycles. The van der Waals surface area contributed by atoms with E-state index in [0.717, 1.165) is 22.7 Å². The molecule has 4 rings (SSSR count). The number of amides is 1. The van der Waals surface area contributed by atoms with Crippen LogP contribution in [0.3, 0.4) is 0 Å². The smallest absolute Gasteiger partial charge is 0.271 e. The Bertz CT molecular complexity index is 1060. The van der Waals surface area contributed by atoms with E-state index in [1.807, 2.05) is 97.9 Å². The van der Waals surface area contributed by atoms with Crippen LogP contribution in [0.15, 0.2) is 94.8 Å². The van der Waals surface area contributed by atoms with Gasteiger partial charge in [-0.1, -0.05) is 54.6 Å². The summed E-state index contributed by atoms with van der Waals surface area (Å²) >= 11 is 1.37. The van der Waals surface area contributed by atoms with Crippen LogP contribution in [0.5, 0.6) is 5.75 Å². The van der Waals surface area contributed by atoms with E-state index >= 15 is 0 Å². The third kappa shape index (κ3) is 4.25. The zero-order valence-electron chi connectivity index (χ0n) is 16.0. The van der Waals surface area contributed by atoms with E-state index in [-0.39, 0.29) is 5.91 Å². The maximum atomic E-state index is 13.3. The molecule has 144 valence electrons. The zero-order chi connectivity index (χ0) is 20.1. The maximum Gasteiger partial charge on any atom is 0.271 e. The summed E-state index contributed by atoms with van der Waals surface area (Å²) in [5.41, 5.74) is 2.47. The number of nitrogens with zero attached hydrogens (tertiary/aromatic N) is 2. The Hall–Kier alpha value is -3.31. The van der Waals surface area contributed by atoms with Crippen molar-refractivity contribution >= 4 is 40.3 Å². The lowest BCUT2D eigenvalue weighted by atomic mass is 10.2. The normalized spacial score (nSPS) is 16.6. The molecule has 1 aliphatic rings. The summed E-state index contributed by atoms with van der Waals surface area (Å²) in [6, 6.07) is 27.0. The number of benzene rings is 3. The van der Waals surface area contributed by atoms with Gasteiger partial charge in [0.15, 0.2) is 5.17 Å². The van der Waals surface area contributed by atoms with Gasteiger partial charge in [-0.25, -0.2) is 4.99 Å². The number of aliphatic imine (C=N–C) groups is 1. The third-order valence-electron chi connectivity index (χ3n) is 4.31. The minimum atomic E-state index is -0.0952. The molecule has 0 aromatic heterocycles. The first-order valence-corrected chi connectivity index (χ1v) is 10.2. The monoisotopic (exact) mass is 400 g/mol. The lowest BCUT2D eigenvalue weighted by Crippen LogP contribution is -2.28. The minimum Gasteiger partial charge on any atom is -0.493 e. The number of anilines is 1. The molecule has 5 heteroatoms. The van der Waals surface area contributed by atoms with E-state index in [1.54, 1.807) is 4.90 Å². The van der Waals surface area contributed by atoms with E-state index in [9.17, 15) is 4.79 Å². The number of hydrogen-bond donors (Lipinski definition) is 0. The summed E-state index contributed by atoms with van der Waals surface area (Å²) in [6.45, 7) is 2.51. The number of carbonyl (C=O) groups is 1. The van der Waals surface area contributed by atoms with Crippen LogP contribution in [0, 0.1) is 0 Å². The fourth-order valence-corrected chi connectivity index (χ4v) is 3.99. The zero-order valence-corrected chi connectivity index (χ0v) is 16.8. The minimum absolute atomic E-state index is 0.0952. The quantitative estimate of drug-likeness (QED) is 0.501. The lowest BCUT2D eigenvalue weighted by molar-refractivity contribution is -0.113. The first kappa shape index (κ1) is 19.0. The Morgan fingerprint density at radius 3 is 2.31 bits per heavy atom. The van der Waals surface area contributed by atoms with Crippen LogP contribution in [-0.4, -0.2) is 17.7 Å². The molecule has 3 aromatic carbocycles. The molecule has 3 aromatic rings. The van der Waals surface area contributed by atoms with E-state index < -0.39 is 0 Å². The van der Waals surface area contributed by atoms with E-state index in [1.165, 1.54) is 11.8 Å². The van der Waals surface area contributed by atoms with Crippen LogP contribution in [0.25, 0.3) is 6.08 Å². The average molecular weight is 401 g/mol. The Morgan fingerprint density at radius 2 is 1.59 bits per heavy atom.